The SMILES string of the molecule is C[C@@H](C(=O)Nc1ccc2ccccc2c1)N(c1ccc(F)cc1)S(C)(=O)=O. The highest BCUT2D eigenvalue weighted by molar-refractivity contribution is 7.92. The molecule has 7 heteroatoms. The Hall–Kier alpha value is -2.93. The van der Waals surface area contributed by atoms with Gasteiger partial charge in [0.2, 0.25) is 15.9 Å². The van der Waals surface area contributed by atoms with Gasteiger partial charge in [-0.25, -0.2) is 12.8 Å². The van der Waals surface area contributed by atoms with Crippen LogP contribution in [0.5, 0.6) is 0 Å². The second kappa shape index (κ2) is 7.36. The first-order valence-electron chi connectivity index (χ1n) is 8.30. The Balaban J connectivity index is 1.87. The molecule has 0 unspecified atom stereocenters. The van der Waals surface area contributed by atoms with Gasteiger partial charge in [0.1, 0.15) is 11.9 Å². The zero-order valence-electron chi connectivity index (χ0n) is 14.9. The Morgan fingerprint density at radius 3 is 2.26 bits per heavy atom. The average molecular weight is 386 g/mol. The van der Waals surface area contributed by atoms with E-state index in [1.165, 1.54) is 19.1 Å². The molecule has 140 valence electrons. The molecule has 1 amide bonds. The molecule has 0 aromatic heterocycles. The Bertz CT molecular complexity index is 1080. The fourth-order valence-electron chi connectivity index (χ4n) is 2.91. The number of rotatable bonds is 5. The number of hydrogen-bond donors (Lipinski definition) is 1. The van der Waals surface area contributed by atoms with Crippen LogP contribution in [0.3, 0.4) is 0 Å². The fraction of sp³-hybridized carbons (Fsp3) is 0.150. The van der Waals surface area contributed by atoms with Crippen LogP contribution in [0.2, 0.25) is 0 Å². The summed E-state index contributed by atoms with van der Waals surface area (Å²) in [6.07, 6.45) is 1.01. The molecule has 3 aromatic carbocycles. The van der Waals surface area contributed by atoms with Crippen molar-refractivity contribution < 1.29 is 17.6 Å². The van der Waals surface area contributed by atoms with E-state index in [0.717, 1.165) is 33.5 Å². The molecule has 0 saturated carbocycles. The molecule has 3 aromatic rings. The van der Waals surface area contributed by atoms with Crippen LogP contribution in [-0.2, 0) is 14.8 Å². The van der Waals surface area contributed by atoms with Crippen molar-refractivity contribution in [3.8, 4) is 0 Å². The third-order valence-electron chi connectivity index (χ3n) is 4.19. The molecule has 0 bridgehead atoms. The van der Waals surface area contributed by atoms with Crippen LogP contribution in [0.15, 0.2) is 66.7 Å². The lowest BCUT2D eigenvalue weighted by atomic mass is 10.1. The Morgan fingerprint density at radius 1 is 1.00 bits per heavy atom. The summed E-state index contributed by atoms with van der Waals surface area (Å²) in [6, 6.07) is 17.1. The number of amides is 1. The van der Waals surface area contributed by atoms with Gasteiger partial charge in [0, 0.05) is 5.69 Å². The van der Waals surface area contributed by atoms with Crippen LogP contribution in [-0.4, -0.2) is 26.6 Å². The summed E-state index contributed by atoms with van der Waals surface area (Å²) in [6.45, 7) is 1.49. The largest absolute Gasteiger partial charge is 0.324 e. The molecule has 27 heavy (non-hydrogen) atoms. The molecule has 1 atom stereocenters. The summed E-state index contributed by atoms with van der Waals surface area (Å²) in [5, 5.41) is 4.74. The van der Waals surface area contributed by atoms with Gasteiger partial charge in [0.15, 0.2) is 0 Å². The smallest absolute Gasteiger partial charge is 0.247 e. The van der Waals surface area contributed by atoms with E-state index in [1.54, 1.807) is 6.07 Å². The van der Waals surface area contributed by atoms with Crippen molar-refractivity contribution >= 4 is 38.1 Å². The van der Waals surface area contributed by atoms with E-state index < -0.39 is 27.8 Å². The lowest BCUT2D eigenvalue weighted by Crippen LogP contribution is -2.45. The maximum atomic E-state index is 13.2. The Labute approximate surface area is 157 Å². The van der Waals surface area contributed by atoms with Crippen molar-refractivity contribution in [2.45, 2.75) is 13.0 Å². The normalized spacial score (nSPS) is 12.6. The molecule has 0 saturated heterocycles. The first-order valence-corrected chi connectivity index (χ1v) is 10.2. The average Bonchev–Trinajstić information content (AvgIpc) is 2.62. The van der Waals surface area contributed by atoms with Crippen LogP contribution in [0.25, 0.3) is 10.8 Å². The minimum Gasteiger partial charge on any atom is -0.324 e. The molecule has 0 fully saturated rings. The van der Waals surface area contributed by atoms with Crippen molar-refractivity contribution in [2.75, 3.05) is 15.9 Å². The van der Waals surface area contributed by atoms with Crippen LogP contribution >= 0.6 is 0 Å². The maximum Gasteiger partial charge on any atom is 0.247 e. The number of carbonyl (C=O) groups is 1. The van der Waals surface area contributed by atoms with Crippen LogP contribution < -0.4 is 9.62 Å². The molecule has 0 aliphatic carbocycles. The van der Waals surface area contributed by atoms with E-state index in [1.807, 2.05) is 36.4 Å². The first kappa shape index (κ1) is 18.8. The number of hydrogen-bond acceptors (Lipinski definition) is 3. The van der Waals surface area contributed by atoms with Crippen molar-refractivity contribution in [2.24, 2.45) is 0 Å². The molecule has 0 heterocycles. The van der Waals surface area contributed by atoms with E-state index in [4.69, 9.17) is 0 Å². The summed E-state index contributed by atoms with van der Waals surface area (Å²) in [5.74, 6) is -0.972. The van der Waals surface area contributed by atoms with Crippen LogP contribution in [0.1, 0.15) is 6.92 Å². The maximum absolute atomic E-state index is 13.2. The van der Waals surface area contributed by atoms with Crippen molar-refractivity contribution in [3.63, 3.8) is 0 Å². The quantitative estimate of drug-likeness (QED) is 0.726. The van der Waals surface area contributed by atoms with Gasteiger partial charge in [-0.15, -0.1) is 0 Å². The van der Waals surface area contributed by atoms with E-state index >= 15 is 0 Å². The van der Waals surface area contributed by atoms with Gasteiger partial charge in [-0.05, 0) is 54.1 Å². The van der Waals surface area contributed by atoms with Gasteiger partial charge in [-0.3, -0.25) is 9.10 Å². The van der Waals surface area contributed by atoms with Crippen LogP contribution in [0, 0.1) is 5.82 Å². The van der Waals surface area contributed by atoms with Gasteiger partial charge in [-0.1, -0.05) is 30.3 Å². The predicted molar refractivity (Wildman–Crippen MR) is 106 cm³/mol. The lowest BCUT2D eigenvalue weighted by molar-refractivity contribution is -0.116. The summed E-state index contributed by atoms with van der Waals surface area (Å²) in [4.78, 5) is 12.7. The van der Waals surface area contributed by atoms with Gasteiger partial charge in [-0.2, -0.15) is 0 Å². The molecule has 0 aliphatic heterocycles. The highest BCUT2D eigenvalue weighted by Crippen LogP contribution is 2.23. The Morgan fingerprint density at radius 2 is 1.63 bits per heavy atom. The van der Waals surface area contributed by atoms with Crippen molar-refractivity contribution in [1.82, 2.24) is 0 Å². The monoisotopic (exact) mass is 386 g/mol. The number of carbonyl (C=O) groups excluding carboxylic acids is 1. The summed E-state index contributed by atoms with van der Waals surface area (Å²) >= 11 is 0. The number of nitrogens with zero attached hydrogens (tertiary/aromatic N) is 1. The number of fused-ring (bicyclic) bond motifs is 1. The third-order valence-corrected chi connectivity index (χ3v) is 5.43. The van der Waals surface area contributed by atoms with Gasteiger partial charge < -0.3 is 5.32 Å². The molecule has 0 radical (unpaired) electrons. The predicted octanol–water partition coefficient (Wildman–Crippen LogP) is 3.77. The number of sulfonamides is 1. The summed E-state index contributed by atoms with van der Waals surface area (Å²) < 4.78 is 38.6. The zero-order chi connectivity index (χ0) is 19.6. The molecular weight excluding hydrogens is 367 g/mol. The number of benzene rings is 3. The second-order valence-corrected chi connectivity index (χ2v) is 8.12. The molecule has 0 aliphatic rings. The highest BCUT2D eigenvalue weighted by atomic mass is 32.2. The van der Waals surface area contributed by atoms with Crippen LogP contribution in [0.4, 0.5) is 15.8 Å². The lowest BCUT2D eigenvalue weighted by Gasteiger charge is -2.28. The second-order valence-electron chi connectivity index (χ2n) is 6.26. The van der Waals surface area contributed by atoms with Gasteiger partial charge in [0.05, 0.1) is 11.9 Å². The van der Waals surface area contributed by atoms with E-state index in [-0.39, 0.29) is 5.69 Å². The topological polar surface area (TPSA) is 66.5 Å². The number of halogens is 1. The van der Waals surface area contributed by atoms with Crippen molar-refractivity contribution in [3.05, 3.63) is 72.5 Å². The van der Waals surface area contributed by atoms with E-state index in [0.29, 0.717) is 5.69 Å². The standard InChI is InChI=1S/C20H19FN2O3S/c1-14(23(27(2,25)26)19-11-8-17(21)9-12-19)20(24)22-18-10-7-15-5-3-4-6-16(15)13-18/h3-14H,1-2H3,(H,22,24)/t14-/m0/s1. The fourth-order valence-corrected chi connectivity index (χ4v) is 4.09. The first-order chi connectivity index (χ1) is 12.8. The third kappa shape index (κ3) is 4.25. The zero-order valence-corrected chi connectivity index (χ0v) is 15.7. The number of nitrogens with one attached hydrogen (secondary N) is 1. The summed E-state index contributed by atoms with van der Waals surface area (Å²) in [5.41, 5.74) is 0.790. The number of anilines is 2. The molecule has 0 spiro atoms. The van der Waals surface area contributed by atoms with E-state index in [2.05, 4.69) is 5.32 Å². The molecular formula is C20H19FN2O3S. The highest BCUT2D eigenvalue weighted by Gasteiger charge is 2.29. The van der Waals surface area contributed by atoms with Gasteiger partial charge in [0.25, 0.3) is 0 Å². The Kier molecular flexibility index (Phi) is 5.14. The molecule has 5 nitrogen and oxygen atoms in total. The minimum absolute atomic E-state index is 0.222. The van der Waals surface area contributed by atoms with Crippen molar-refractivity contribution in [1.29, 1.82) is 0 Å². The minimum atomic E-state index is -3.75. The van der Waals surface area contributed by atoms with Gasteiger partial charge >= 0.3 is 0 Å². The molecule has 3 rings (SSSR count). The summed E-state index contributed by atoms with van der Waals surface area (Å²) in [7, 11) is -3.75. The molecule has 1 N–H and O–H groups in total. The van der Waals surface area contributed by atoms with E-state index in [9.17, 15) is 17.6 Å².